The predicted molar refractivity (Wildman–Crippen MR) is 104 cm³/mol. The van der Waals surface area contributed by atoms with Crippen LogP contribution in [0.25, 0.3) is 44.8 Å². The van der Waals surface area contributed by atoms with Crippen LogP contribution in [0.4, 0.5) is 19.0 Å². The molecule has 0 atom stereocenters. The SMILES string of the molecule is Cn1cc(-c2nc(-c3cccc(C(F)(F)F)n3)nc3nc[nH]c23)c2ccnc(N)c21. The fourth-order valence-electron chi connectivity index (χ4n) is 3.43. The Morgan fingerprint density at radius 1 is 1.07 bits per heavy atom. The van der Waals surface area contributed by atoms with E-state index in [1.54, 1.807) is 12.3 Å². The molecule has 0 saturated carbocycles. The second-order valence-corrected chi connectivity index (χ2v) is 6.65. The summed E-state index contributed by atoms with van der Waals surface area (Å²) in [4.78, 5) is 23.8. The van der Waals surface area contributed by atoms with E-state index in [0.29, 0.717) is 28.2 Å². The normalized spacial score (nSPS) is 12.1. The molecule has 0 aliphatic carbocycles. The van der Waals surface area contributed by atoms with Gasteiger partial charge in [0.1, 0.15) is 28.4 Å². The zero-order valence-corrected chi connectivity index (χ0v) is 15.4. The molecule has 5 aromatic heterocycles. The summed E-state index contributed by atoms with van der Waals surface area (Å²) < 4.78 is 41.1. The maximum absolute atomic E-state index is 13.1. The lowest BCUT2D eigenvalue weighted by Crippen LogP contribution is -2.08. The molecule has 0 radical (unpaired) electrons. The van der Waals surface area contributed by atoms with Gasteiger partial charge in [-0.05, 0) is 18.2 Å². The molecular weight excluding hydrogens is 397 g/mol. The first-order chi connectivity index (χ1) is 14.3. The van der Waals surface area contributed by atoms with Crippen molar-refractivity contribution in [2.75, 3.05) is 5.73 Å². The van der Waals surface area contributed by atoms with E-state index in [1.807, 2.05) is 17.8 Å². The second kappa shape index (κ2) is 6.24. The van der Waals surface area contributed by atoms with Crippen LogP contribution < -0.4 is 5.73 Å². The highest BCUT2D eigenvalue weighted by atomic mass is 19.4. The lowest BCUT2D eigenvalue weighted by atomic mass is 10.1. The van der Waals surface area contributed by atoms with Crippen LogP contribution in [0.15, 0.2) is 43.0 Å². The molecule has 0 bridgehead atoms. The van der Waals surface area contributed by atoms with Crippen molar-refractivity contribution in [2.45, 2.75) is 6.18 Å². The van der Waals surface area contributed by atoms with Crippen LogP contribution >= 0.6 is 0 Å². The average molecular weight is 410 g/mol. The molecule has 5 heterocycles. The molecule has 5 aromatic rings. The number of imidazole rings is 1. The van der Waals surface area contributed by atoms with Gasteiger partial charge in [-0.25, -0.2) is 24.9 Å². The number of aromatic nitrogens is 7. The van der Waals surface area contributed by atoms with Crippen LogP contribution in [0.3, 0.4) is 0 Å². The predicted octanol–water partition coefficient (Wildman–Crippen LogP) is 3.57. The number of aromatic amines is 1. The van der Waals surface area contributed by atoms with Crippen LogP contribution in [0.1, 0.15) is 5.69 Å². The Morgan fingerprint density at radius 3 is 2.70 bits per heavy atom. The third-order valence-corrected chi connectivity index (χ3v) is 4.73. The van der Waals surface area contributed by atoms with E-state index >= 15 is 0 Å². The van der Waals surface area contributed by atoms with Gasteiger partial charge in [0.15, 0.2) is 11.5 Å². The molecule has 3 N–H and O–H groups in total. The molecule has 0 amide bonds. The number of halogens is 3. The molecule has 0 aromatic carbocycles. The van der Waals surface area contributed by atoms with E-state index in [2.05, 4.69) is 29.9 Å². The van der Waals surface area contributed by atoms with Gasteiger partial charge < -0.3 is 15.3 Å². The van der Waals surface area contributed by atoms with E-state index in [0.717, 1.165) is 17.0 Å². The van der Waals surface area contributed by atoms with Crippen molar-refractivity contribution in [1.29, 1.82) is 0 Å². The smallest absolute Gasteiger partial charge is 0.382 e. The summed E-state index contributed by atoms with van der Waals surface area (Å²) in [5.74, 6) is 0.394. The number of hydrogen-bond acceptors (Lipinski definition) is 6. The number of nitrogen functional groups attached to an aromatic ring is 1. The highest BCUT2D eigenvalue weighted by molar-refractivity contribution is 6.04. The molecule has 8 nitrogen and oxygen atoms in total. The topological polar surface area (TPSA) is 111 Å². The summed E-state index contributed by atoms with van der Waals surface area (Å²) in [5.41, 5.74) is 7.77. The summed E-state index contributed by atoms with van der Waals surface area (Å²) in [6, 6.07) is 5.40. The number of nitrogens with zero attached hydrogens (tertiary/aromatic N) is 6. The lowest BCUT2D eigenvalue weighted by Gasteiger charge is -2.08. The van der Waals surface area contributed by atoms with Crippen molar-refractivity contribution in [1.82, 2.24) is 34.5 Å². The van der Waals surface area contributed by atoms with Crippen LogP contribution in [0, 0.1) is 0 Å². The molecule has 11 heteroatoms. The second-order valence-electron chi connectivity index (χ2n) is 6.65. The third-order valence-electron chi connectivity index (χ3n) is 4.73. The molecule has 0 unspecified atom stereocenters. The molecule has 0 aliphatic rings. The highest BCUT2D eigenvalue weighted by Gasteiger charge is 2.32. The van der Waals surface area contributed by atoms with E-state index in [4.69, 9.17) is 5.73 Å². The molecule has 0 fully saturated rings. The number of anilines is 1. The minimum Gasteiger partial charge on any atom is -0.382 e. The van der Waals surface area contributed by atoms with Gasteiger partial charge in [-0.1, -0.05) is 6.07 Å². The van der Waals surface area contributed by atoms with Crippen molar-refractivity contribution >= 4 is 27.9 Å². The van der Waals surface area contributed by atoms with Gasteiger partial charge in [0, 0.05) is 30.4 Å². The quantitative estimate of drug-likeness (QED) is 0.460. The number of aryl methyl sites for hydroxylation is 1. The standard InChI is InChI=1S/C19H13F3N8/c1-30-7-10(9-5-6-24-16(23)15(9)30)13-14-18(26-8-25-14)29-17(28-13)11-3-2-4-12(27-11)19(20,21)22/h2-8H,1H3,(H2,23,24)(H,25,26,28,29). The van der Waals surface area contributed by atoms with Crippen LogP contribution in [-0.2, 0) is 13.2 Å². The first kappa shape index (κ1) is 18.0. The largest absolute Gasteiger partial charge is 0.433 e. The average Bonchev–Trinajstić information content (AvgIpc) is 3.32. The Morgan fingerprint density at radius 2 is 1.90 bits per heavy atom. The highest BCUT2D eigenvalue weighted by Crippen LogP contribution is 2.35. The maximum atomic E-state index is 13.1. The molecule has 150 valence electrons. The summed E-state index contributed by atoms with van der Waals surface area (Å²) in [6.45, 7) is 0. The molecule has 0 saturated heterocycles. The van der Waals surface area contributed by atoms with E-state index in [1.165, 1.54) is 18.5 Å². The number of pyridine rings is 2. The van der Waals surface area contributed by atoms with Gasteiger partial charge in [0.2, 0.25) is 0 Å². The van der Waals surface area contributed by atoms with Crippen LogP contribution in [0.5, 0.6) is 0 Å². The van der Waals surface area contributed by atoms with E-state index in [9.17, 15) is 13.2 Å². The van der Waals surface area contributed by atoms with Crippen molar-refractivity contribution < 1.29 is 13.2 Å². The minimum atomic E-state index is -4.57. The summed E-state index contributed by atoms with van der Waals surface area (Å²) in [5, 5.41) is 0.794. The monoisotopic (exact) mass is 410 g/mol. The van der Waals surface area contributed by atoms with E-state index < -0.39 is 11.9 Å². The summed E-state index contributed by atoms with van der Waals surface area (Å²) >= 11 is 0. The first-order valence-electron chi connectivity index (χ1n) is 8.78. The Kier molecular flexibility index (Phi) is 3.75. The maximum Gasteiger partial charge on any atom is 0.433 e. The number of H-pyrrole nitrogens is 1. The first-order valence-corrected chi connectivity index (χ1v) is 8.78. The Balaban J connectivity index is 1.78. The fraction of sp³-hybridized carbons (Fsp3) is 0.105. The molecule has 0 spiro atoms. The van der Waals surface area contributed by atoms with Gasteiger partial charge in [-0.2, -0.15) is 13.2 Å². The van der Waals surface area contributed by atoms with Crippen LogP contribution in [0.2, 0.25) is 0 Å². The number of nitrogens with two attached hydrogens (primary N) is 1. The molecule has 5 rings (SSSR count). The minimum absolute atomic E-state index is 0.00241. The van der Waals surface area contributed by atoms with Crippen molar-refractivity contribution in [2.24, 2.45) is 7.05 Å². The van der Waals surface area contributed by atoms with Crippen LogP contribution in [-0.4, -0.2) is 34.5 Å². The van der Waals surface area contributed by atoms with Gasteiger partial charge in [-0.3, -0.25) is 0 Å². The van der Waals surface area contributed by atoms with Gasteiger partial charge in [-0.15, -0.1) is 0 Å². The lowest BCUT2D eigenvalue weighted by molar-refractivity contribution is -0.141. The van der Waals surface area contributed by atoms with Gasteiger partial charge in [0.25, 0.3) is 0 Å². The zero-order chi connectivity index (χ0) is 21.0. The Labute approximate surface area is 166 Å². The van der Waals surface area contributed by atoms with Gasteiger partial charge >= 0.3 is 6.18 Å². The fourth-order valence-corrected chi connectivity index (χ4v) is 3.43. The Hall–Kier alpha value is -4.02. The summed E-state index contributed by atoms with van der Waals surface area (Å²) in [6.07, 6.45) is 0.291. The Bertz CT molecular complexity index is 1420. The van der Waals surface area contributed by atoms with Crippen molar-refractivity contribution in [3.63, 3.8) is 0 Å². The van der Waals surface area contributed by atoms with Crippen molar-refractivity contribution in [3.8, 4) is 22.8 Å². The number of nitrogens with one attached hydrogen (secondary N) is 1. The number of fused-ring (bicyclic) bond motifs is 2. The molecule has 30 heavy (non-hydrogen) atoms. The summed E-state index contributed by atoms with van der Waals surface area (Å²) in [7, 11) is 1.82. The molecule has 0 aliphatic heterocycles. The zero-order valence-electron chi connectivity index (χ0n) is 15.4. The number of hydrogen-bond donors (Lipinski definition) is 2. The van der Waals surface area contributed by atoms with Gasteiger partial charge in [0.05, 0.1) is 11.8 Å². The third kappa shape index (κ3) is 2.74. The number of rotatable bonds is 2. The number of alkyl halides is 3. The molecular formula is C19H13F3N8. The van der Waals surface area contributed by atoms with Crippen molar-refractivity contribution in [3.05, 3.63) is 48.7 Å². The van der Waals surface area contributed by atoms with E-state index in [-0.39, 0.29) is 11.5 Å².